The lowest BCUT2D eigenvalue weighted by Gasteiger charge is -2.37. The maximum Gasteiger partial charge on any atom is 0.319 e. The van der Waals surface area contributed by atoms with Crippen LogP contribution in [0.25, 0.3) is 0 Å². The van der Waals surface area contributed by atoms with E-state index in [4.69, 9.17) is 9.47 Å². The van der Waals surface area contributed by atoms with Gasteiger partial charge in [-0.15, -0.1) is 0 Å². The van der Waals surface area contributed by atoms with Crippen molar-refractivity contribution in [1.82, 2.24) is 10.2 Å². The minimum Gasteiger partial charge on any atom is -0.381 e. The first-order valence-electron chi connectivity index (χ1n) is 8.53. The summed E-state index contributed by atoms with van der Waals surface area (Å²) in [7, 11) is 0. The number of nitrogens with one attached hydrogen (secondary N) is 2. The van der Waals surface area contributed by atoms with Crippen LogP contribution in [0.4, 0.5) is 19.3 Å². The van der Waals surface area contributed by atoms with E-state index in [2.05, 4.69) is 15.5 Å². The van der Waals surface area contributed by atoms with Gasteiger partial charge >= 0.3 is 6.03 Å². The molecule has 2 saturated heterocycles. The lowest BCUT2D eigenvalue weighted by atomic mass is 9.97. The molecule has 0 saturated carbocycles. The number of anilines is 1. The lowest BCUT2D eigenvalue weighted by molar-refractivity contribution is 0.00222. The number of rotatable bonds is 5. The van der Waals surface area contributed by atoms with Crippen LogP contribution >= 0.6 is 0 Å². The normalized spacial score (nSPS) is 22.6. The van der Waals surface area contributed by atoms with Crippen molar-refractivity contribution in [1.29, 1.82) is 0 Å². The number of halogens is 2. The molecule has 25 heavy (non-hydrogen) atoms. The Labute approximate surface area is 145 Å². The first-order valence-corrected chi connectivity index (χ1v) is 8.53. The van der Waals surface area contributed by atoms with Gasteiger partial charge in [-0.25, -0.2) is 13.6 Å². The number of hydrogen-bond acceptors (Lipinski definition) is 4. The number of hydrogen-bond donors (Lipinski definition) is 2. The zero-order chi connectivity index (χ0) is 17.6. The van der Waals surface area contributed by atoms with Gasteiger partial charge in [0.25, 0.3) is 0 Å². The van der Waals surface area contributed by atoms with Gasteiger partial charge in [0.2, 0.25) is 0 Å². The Morgan fingerprint density at radius 2 is 2.04 bits per heavy atom. The van der Waals surface area contributed by atoms with Crippen molar-refractivity contribution in [2.45, 2.75) is 12.5 Å². The molecule has 8 heteroatoms. The van der Waals surface area contributed by atoms with E-state index in [-0.39, 0.29) is 11.7 Å². The summed E-state index contributed by atoms with van der Waals surface area (Å²) in [6.07, 6.45) is 0.956. The smallest absolute Gasteiger partial charge is 0.319 e. The summed E-state index contributed by atoms with van der Waals surface area (Å²) in [6.45, 7) is 4.83. The molecule has 0 radical (unpaired) electrons. The molecule has 2 heterocycles. The quantitative estimate of drug-likeness (QED) is 0.846. The number of amides is 2. The van der Waals surface area contributed by atoms with E-state index in [1.807, 2.05) is 0 Å². The maximum atomic E-state index is 13.6. The highest BCUT2D eigenvalue weighted by Crippen LogP contribution is 2.22. The Balaban J connectivity index is 1.56. The topological polar surface area (TPSA) is 62.8 Å². The monoisotopic (exact) mass is 355 g/mol. The number of morpholine rings is 1. The van der Waals surface area contributed by atoms with E-state index in [0.717, 1.165) is 38.2 Å². The van der Waals surface area contributed by atoms with Gasteiger partial charge in [0.1, 0.15) is 11.6 Å². The molecule has 3 rings (SSSR count). The van der Waals surface area contributed by atoms with Gasteiger partial charge in [-0.05, 0) is 18.6 Å². The number of carbonyl (C=O) groups excluding carboxylic acids is 1. The van der Waals surface area contributed by atoms with Crippen molar-refractivity contribution >= 4 is 11.7 Å². The van der Waals surface area contributed by atoms with Crippen molar-refractivity contribution in [3.8, 4) is 0 Å². The summed E-state index contributed by atoms with van der Waals surface area (Å²) in [5, 5.41) is 5.22. The van der Waals surface area contributed by atoms with E-state index in [1.165, 1.54) is 6.07 Å². The van der Waals surface area contributed by atoms with Crippen molar-refractivity contribution < 1.29 is 23.0 Å². The van der Waals surface area contributed by atoms with Crippen LogP contribution in [0.2, 0.25) is 0 Å². The first kappa shape index (κ1) is 18.0. The van der Waals surface area contributed by atoms with Gasteiger partial charge in [-0.2, -0.15) is 0 Å². The van der Waals surface area contributed by atoms with Gasteiger partial charge < -0.3 is 20.1 Å². The molecule has 2 N–H and O–H groups in total. The van der Waals surface area contributed by atoms with E-state index < -0.39 is 17.7 Å². The molecule has 0 spiro atoms. The summed E-state index contributed by atoms with van der Waals surface area (Å²) in [4.78, 5) is 14.4. The molecule has 2 atom stereocenters. The largest absolute Gasteiger partial charge is 0.381 e. The lowest BCUT2D eigenvalue weighted by Crippen LogP contribution is -2.52. The average Bonchev–Trinajstić information content (AvgIpc) is 3.13. The van der Waals surface area contributed by atoms with Crippen LogP contribution in [0.5, 0.6) is 0 Å². The zero-order valence-electron chi connectivity index (χ0n) is 14.0. The highest BCUT2D eigenvalue weighted by atomic mass is 19.1. The molecule has 2 amide bonds. The van der Waals surface area contributed by atoms with Crippen LogP contribution < -0.4 is 10.6 Å². The molecule has 1 aromatic carbocycles. The Bertz CT molecular complexity index is 591. The van der Waals surface area contributed by atoms with Crippen LogP contribution in [-0.2, 0) is 9.47 Å². The van der Waals surface area contributed by atoms with Crippen LogP contribution in [0, 0.1) is 17.6 Å². The number of urea groups is 1. The Hall–Kier alpha value is -1.77. The van der Waals surface area contributed by atoms with E-state index in [1.54, 1.807) is 0 Å². The van der Waals surface area contributed by atoms with Crippen molar-refractivity contribution in [2.75, 3.05) is 51.4 Å². The standard InChI is InChI=1S/C17H23F2N3O3/c18-13-1-2-15(14(19)9-13)21-17(23)20-10-16(12-3-6-25-11-12)22-4-7-24-8-5-22/h1-2,9,12,16H,3-8,10-11H2,(H2,20,21,23). The van der Waals surface area contributed by atoms with Crippen molar-refractivity contribution in [3.05, 3.63) is 29.8 Å². The molecule has 138 valence electrons. The molecular formula is C17H23F2N3O3. The number of nitrogens with zero attached hydrogens (tertiary/aromatic N) is 1. The minimum atomic E-state index is -0.802. The van der Waals surface area contributed by atoms with Crippen LogP contribution in [0.3, 0.4) is 0 Å². The predicted octanol–water partition coefficient (Wildman–Crippen LogP) is 1.82. The second-order valence-corrected chi connectivity index (χ2v) is 6.30. The minimum absolute atomic E-state index is 0.0500. The second kappa shape index (κ2) is 8.55. The molecule has 2 fully saturated rings. The summed E-state index contributed by atoms with van der Waals surface area (Å²) < 4.78 is 37.4. The van der Waals surface area contributed by atoms with Crippen LogP contribution in [0.15, 0.2) is 18.2 Å². The molecule has 2 aliphatic heterocycles. The van der Waals surface area contributed by atoms with Crippen molar-refractivity contribution in [2.24, 2.45) is 5.92 Å². The SMILES string of the molecule is O=C(NCC(C1CCOC1)N1CCOCC1)Nc1ccc(F)cc1F. The molecule has 0 aromatic heterocycles. The fraction of sp³-hybridized carbons (Fsp3) is 0.588. The Morgan fingerprint density at radius 1 is 1.24 bits per heavy atom. The van der Waals surface area contributed by atoms with Gasteiger partial charge in [-0.3, -0.25) is 4.90 Å². The number of ether oxygens (including phenoxy) is 2. The maximum absolute atomic E-state index is 13.6. The highest BCUT2D eigenvalue weighted by Gasteiger charge is 2.31. The third kappa shape index (κ3) is 4.87. The Morgan fingerprint density at radius 3 is 2.72 bits per heavy atom. The van der Waals surface area contributed by atoms with E-state index in [9.17, 15) is 13.6 Å². The van der Waals surface area contributed by atoms with Crippen molar-refractivity contribution in [3.63, 3.8) is 0 Å². The fourth-order valence-corrected chi connectivity index (χ4v) is 3.31. The molecule has 2 aliphatic rings. The van der Waals surface area contributed by atoms with Crippen LogP contribution in [-0.4, -0.2) is 63.0 Å². The van der Waals surface area contributed by atoms with Crippen LogP contribution in [0.1, 0.15) is 6.42 Å². The average molecular weight is 355 g/mol. The molecule has 0 aliphatic carbocycles. The fourth-order valence-electron chi connectivity index (χ4n) is 3.31. The Kier molecular flexibility index (Phi) is 6.17. The summed E-state index contributed by atoms with van der Waals surface area (Å²) in [5.41, 5.74) is -0.0500. The summed E-state index contributed by atoms with van der Waals surface area (Å²) in [5.74, 6) is -1.14. The molecular weight excluding hydrogens is 332 g/mol. The second-order valence-electron chi connectivity index (χ2n) is 6.30. The summed E-state index contributed by atoms with van der Waals surface area (Å²) >= 11 is 0. The number of carbonyl (C=O) groups is 1. The van der Waals surface area contributed by atoms with E-state index in [0.29, 0.717) is 32.3 Å². The third-order valence-electron chi connectivity index (χ3n) is 4.67. The van der Waals surface area contributed by atoms with Gasteiger partial charge in [-0.1, -0.05) is 0 Å². The third-order valence-corrected chi connectivity index (χ3v) is 4.67. The van der Waals surface area contributed by atoms with Gasteiger partial charge in [0, 0.05) is 44.3 Å². The molecule has 2 unspecified atom stereocenters. The van der Waals surface area contributed by atoms with Gasteiger partial charge in [0.05, 0.1) is 25.5 Å². The predicted molar refractivity (Wildman–Crippen MR) is 88.5 cm³/mol. The molecule has 6 nitrogen and oxygen atoms in total. The number of benzene rings is 1. The highest BCUT2D eigenvalue weighted by molar-refractivity contribution is 5.89. The first-order chi connectivity index (χ1) is 12.1. The summed E-state index contributed by atoms with van der Waals surface area (Å²) in [6, 6.07) is 2.68. The molecule has 0 bridgehead atoms. The van der Waals surface area contributed by atoms with Gasteiger partial charge in [0.15, 0.2) is 0 Å². The zero-order valence-corrected chi connectivity index (χ0v) is 14.0. The molecule has 1 aromatic rings. The van der Waals surface area contributed by atoms with E-state index >= 15 is 0 Å².